The smallest absolute Gasteiger partial charge is 0.0481 e. The second kappa shape index (κ2) is 3.58. The lowest BCUT2D eigenvalue weighted by Crippen LogP contribution is -2.02. The third-order valence-corrected chi connectivity index (χ3v) is 3.85. The number of aliphatic hydroxyl groups excluding tert-OH is 1. The molecule has 38 valence electrons. The molecule has 0 amide bonds. The van der Waals surface area contributed by atoms with E-state index in [-0.39, 0.29) is 15.1 Å². The van der Waals surface area contributed by atoms with E-state index >= 15 is 0 Å². The van der Waals surface area contributed by atoms with E-state index in [0.717, 1.165) is 6.04 Å². The minimum Gasteiger partial charge on any atom is -0.394 e. The summed E-state index contributed by atoms with van der Waals surface area (Å²) < 4.78 is 0. The fourth-order valence-corrected chi connectivity index (χ4v) is 3.76. The summed E-state index contributed by atoms with van der Waals surface area (Å²) in [5, 5.41) is 8.61. The van der Waals surface area contributed by atoms with E-state index in [1.54, 1.807) is 0 Å². The molecule has 0 spiro atoms. The topological polar surface area (TPSA) is 20.2 Å². The number of hydrogen-bond acceptors (Lipinski definition) is 1. The summed E-state index contributed by atoms with van der Waals surface area (Å²) in [6.45, 7) is 1.87. The Hall–Kier alpha value is 0.394. The van der Waals surface area contributed by atoms with Crippen molar-refractivity contribution in [3.05, 3.63) is 0 Å². The standard InChI is InChI=1S/C3H12OSi2/c1-3(4)2-6-5/h3-4H,2,6H2,1,5H3. The van der Waals surface area contributed by atoms with Crippen LogP contribution in [0.5, 0.6) is 0 Å². The van der Waals surface area contributed by atoms with Crippen LogP contribution >= 0.6 is 0 Å². The number of hydrogen-bond donors (Lipinski definition) is 1. The van der Waals surface area contributed by atoms with Crippen molar-refractivity contribution in [2.45, 2.75) is 19.1 Å². The summed E-state index contributed by atoms with van der Waals surface area (Å²) in [4.78, 5) is 0. The Bertz CT molecular complexity index is 30.0. The minimum absolute atomic E-state index is 0.00540. The fourth-order valence-electron chi connectivity index (χ4n) is 0.418. The first-order valence-corrected chi connectivity index (χ1v) is 9.11. The van der Waals surface area contributed by atoms with Gasteiger partial charge in [-0.1, -0.05) is 0 Å². The first-order chi connectivity index (χ1) is 2.77. The summed E-state index contributed by atoms with van der Waals surface area (Å²) in [6, 6.07) is 1.13. The zero-order chi connectivity index (χ0) is 4.99. The van der Waals surface area contributed by atoms with Crippen molar-refractivity contribution in [2.75, 3.05) is 0 Å². The van der Waals surface area contributed by atoms with E-state index in [1.165, 1.54) is 9.76 Å². The molecule has 0 radical (unpaired) electrons. The van der Waals surface area contributed by atoms with Gasteiger partial charge in [0.25, 0.3) is 0 Å². The van der Waals surface area contributed by atoms with Gasteiger partial charge >= 0.3 is 0 Å². The molecule has 0 saturated carbocycles. The van der Waals surface area contributed by atoms with Crippen LogP contribution in [0.3, 0.4) is 0 Å². The van der Waals surface area contributed by atoms with Gasteiger partial charge in [0.15, 0.2) is 0 Å². The molecule has 0 saturated heterocycles. The number of rotatable bonds is 2. The van der Waals surface area contributed by atoms with Crippen LogP contribution in [-0.4, -0.2) is 30.0 Å². The molecule has 0 rings (SSSR count). The van der Waals surface area contributed by atoms with Crippen molar-refractivity contribution in [2.24, 2.45) is 0 Å². The molecule has 3 heteroatoms. The van der Waals surface area contributed by atoms with Crippen LogP contribution < -0.4 is 0 Å². The molecule has 0 aliphatic heterocycles. The van der Waals surface area contributed by atoms with Gasteiger partial charge in [0.1, 0.15) is 0 Å². The highest BCUT2D eigenvalue weighted by atomic mass is 29.1. The van der Waals surface area contributed by atoms with Crippen LogP contribution in [0.25, 0.3) is 0 Å². The Morgan fingerprint density at radius 3 is 2.50 bits per heavy atom. The fraction of sp³-hybridized carbons (Fsp3) is 1.00. The monoisotopic (exact) mass is 120 g/mol. The molecule has 1 N–H and O–H groups in total. The Morgan fingerprint density at radius 2 is 2.50 bits per heavy atom. The van der Waals surface area contributed by atoms with E-state index in [4.69, 9.17) is 5.11 Å². The average Bonchev–Trinajstić information content (AvgIpc) is 1.35. The molecule has 0 aromatic heterocycles. The summed E-state index contributed by atoms with van der Waals surface area (Å²) in [7, 11) is 1.62. The van der Waals surface area contributed by atoms with Crippen LogP contribution in [0.1, 0.15) is 6.92 Å². The summed E-state index contributed by atoms with van der Waals surface area (Å²) in [5.74, 6) is 0. The summed E-state index contributed by atoms with van der Waals surface area (Å²) in [5.41, 5.74) is 0. The van der Waals surface area contributed by atoms with E-state index in [2.05, 4.69) is 0 Å². The van der Waals surface area contributed by atoms with Gasteiger partial charge in [-0.3, -0.25) is 0 Å². The van der Waals surface area contributed by atoms with Gasteiger partial charge in [-0.05, 0) is 22.7 Å². The SMILES string of the molecule is CC(O)C[SiH2][SiH3]. The molecule has 0 fully saturated rings. The lowest BCUT2D eigenvalue weighted by atomic mass is 10.5. The predicted octanol–water partition coefficient (Wildman–Crippen LogP) is -1.77. The Kier molecular flexibility index (Phi) is 3.81. The maximum absolute atomic E-state index is 8.61. The van der Waals surface area contributed by atoms with Gasteiger partial charge in [-0.2, -0.15) is 0 Å². The van der Waals surface area contributed by atoms with Crippen molar-refractivity contribution in [1.82, 2.24) is 0 Å². The van der Waals surface area contributed by atoms with E-state index in [1.807, 2.05) is 6.92 Å². The molecule has 0 bridgehead atoms. The van der Waals surface area contributed by atoms with E-state index in [0.29, 0.717) is 0 Å². The third-order valence-electron chi connectivity index (χ3n) is 0.706. The molecular weight excluding hydrogens is 108 g/mol. The van der Waals surface area contributed by atoms with E-state index < -0.39 is 0 Å². The van der Waals surface area contributed by atoms with Gasteiger partial charge in [-0.15, -0.1) is 0 Å². The first kappa shape index (κ1) is 6.39. The molecular formula is C3H12OSi2. The second-order valence-corrected chi connectivity index (χ2v) is 6.22. The van der Waals surface area contributed by atoms with Crippen molar-refractivity contribution in [3.8, 4) is 0 Å². The average molecular weight is 120 g/mol. The number of aliphatic hydroxyl groups is 1. The molecule has 0 aliphatic carbocycles. The zero-order valence-electron chi connectivity index (χ0n) is 4.44. The van der Waals surface area contributed by atoms with Gasteiger partial charge in [0, 0.05) is 15.1 Å². The molecule has 1 unspecified atom stereocenters. The van der Waals surface area contributed by atoms with Crippen LogP contribution in [0, 0.1) is 0 Å². The maximum atomic E-state index is 8.61. The highest BCUT2D eigenvalue weighted by molar-refractivity contribution is 6.89. The van der Waals surface area contributed by atoms with Crippen LogP contribution in [0.15, 0.2) is 0 Å². The van der Waals surface area contributed by atoms with Crippen molar-refractivity contribution >= 4 is 18.8 Å². The lowest BCUT2D eigenvalue weighted by molar-refractivity contribution is 0.216. The zero-order valence-corrected chi connectivity index (χ0v) is 7.85. The van der Waals surface area contributed by atoms with Crippen LogP contribution in [-0.2, 0) is 0 Å². The second-order valence-electron chi connectivity index (χ2n) is 1.64. The Balaban J connectivity index is 2.63. The van der Waals surface area contributed by atoms with Gasteiger partial charge in [0.2, 0.25) is 0 Å². The third kappa shape index (κ3) is 4.39. The highest BCUT2D eigenvalue weighted by Gasteiger charge is 1.87. The molecule has 0 heterocycles. The molecule has 1 atom stereocenters. The van der Waals surface area contributed by atoms with Gasteiger partial charge in [-0.25, -0.2) is 0 Å². The van der Waals surface area contributed by atoms with Crippen molar-refractivity contribution in [3.63, 3.8) is 0 Å². The molecule has 0 aliphatic rings. The highest BCUT2D eigenvalue weighted by Crippen LogP contribution is 1.83. The Morgan fingerprint density at radius 1 is 2.00 bits per heavy atom. The van der Waals surface area contributed by atoms with Crippen molar-refractivity contribution in [1.29, 1.82) is 0 Å². The summed E-state index contributed by atoms with van der Waals surface area (Å²) in [6.07, 6.45) is -0.00540. The lowest BCUT2D eigenvalue weighted by Gasteiger charge is -1.95. The normalized spacial score (nSPS) is 17.0. The predicted molar refractivity (Wildman–Crippen MR) is 35.0 cm³/mol. The van der Waals surface area contributed by atoms with Gasteiger partial charge < -0.3 is 5.11 Å². The largest absolute Gasteiger partial charge is 0.394 e. The Labute approximate surface area is 43.8 Å². The van der Waals surface area contributed by atoms with Crippen LogP contribution in [0.4, 0.5) is 0 Å². The molecule has 0 aromatic rings. The first-order valence-electron chi connectivity index (χ1n) is 2.45. The van der Waals surface area contributed by atoms with Gasteiger partial charge in [0.05, 0.1) is 0 Å². The minimum atomic E-state index is -0.00540. The molecule has 0 aromatic carbocycles. The maximum Gasteiger partial charge on any atom is 0.0481 e. The van der Waals surface area contributed by atoms with E-state index in [9.17, 15) is 0 Å². The molecule has 1 nitrogen and oxygen atoms in total. The summed E-state index contributed by atoms with van der Waals surface area (Å²) >= 11 is 0. The molecule has 6 heavy (non-hydrogen) atoms. The quantitative estimate of drug-likeness (QED) is 0.428. The van der Waals surface area contributed by atoms with Crippen LogP contribution in [0.2, 0.25) is 6.04 Å². The van der Waals surface area contributed by atoms with Crippen molar-refractivity contribution < 1.29 is 5.11 Å².